The number of amides is 1. The fourth-order valence-electron chi connectivity index (χ4n) is 3.33. The molecular weight excluding hydrogens is 361 g/mol. The van der Waals surface area contributed by atoms with Gasteiger partial charge in [-0.2, -0.15) is 13.2 Å². The number of hydrogen-bond acceptors (Lipinski definition) is 3. The van der Waals surface area contributed by atoms with E-state index in [0.29, 0.717) is 28.8 Å². The van der Waals surface area contributed by atoms with Crippen molar-refractivity contribution in [2.45, 2.75) is 45.5 Å². The van der Waals surface area contributed by atoms with Gasteiger partial charge in [0.15, 0.2) is 0 Å². The van der Waals surface area contributed by atoms with Gasteiger partial charge in [0.1, 0.15) is 0 Å². The number of hydrogen-bond donors (Lipinski definition) is 1. The van der Waals surface area contributed by atoms with Crippen LogP contribution in [0.1, 0.15) is 29.5 Å². The maximum absolute atomic E-state index is 13.0. The van der Waals surface area contributed by atoms with Crippen LogP contribution in [0.3, 0.4) is 0 Å². The Balaban J connectivity index is 1.94. The average Bonchev–Trinajstić information content (AvgIpc) is 3.10. The van der Waals surface area contributed by atoms with E-state index in [4.69, 9.17) is 4.74 Å². The van der Waals surface area contributed by atoms with E-state index in [1.165, 1.54) is 0 Å². The summed E-state index contributed by atoms with van der Waals surface area (Å²) in [7, 11) is 0. The van der Waals surface area contributed by atoms with Gasteiger partial charge in [-0.05, 0) is 49.3 Å². The van der Waals surface area contributed by atoms with Gasteiger partial charge in [-0.25, -0.2) is 0 Å². The molecule has 0 saturated carbocycles. The number of pyridine rings is 1. The fraction of sp³-hybridized carbons (Fsp3) is 0.474. The molecule has 1 aliphatic rings. The SMILES string of the molecule is Cc1ccc2cc(CN(C[C@@H]3CCCO3)C(=O)C(F)(F)F)c(=O)[nH]c2c1C. The molecule has 1 aromatic heterocycles. The van der Waals surface area contributed by atoms with Crippen LogP contribution in [-0.2, 0) is 16.1 Å². The summed E-state index contributed by atoms with van der Waals surface area (Å²) in [5.74, 6) is -1.96. The van der Waals surface area contributed by atoms with Gasteiger partial charge in [-0.1, -0.05) is 12.1 Å². The van der Waals surface area contributed by atoms with Gasteiger partial charge in [0.25, 0.3) is 5.56 Å². The number of ether oxygens (including phenoxy) is 1. The molecule has 0 aliphatic carbocycles. The highest BCUT2D eigenvalue weighted by atomic mass is 19.4. The molecule has 3 rings (SSSR count). The number of fused-ring (bicyclic) bond motifs is 1. The molecule has 5 nitrogen and oxygen atoms in total. The first-order valence-electron chi connectivity index (χ1n) is 8.76. The third-order valence-corrected chi connectivity index (χ3v) is 4.97. The Morgan fingerprint density at radius 1 is 1.33 bits per heavy atom. The quantitative estimate of drug-likeness (QED) is 0.883. The maximum Gasteiger partial charge on any atom is 0.471 e. The Labute approximate surface area is 154 Å². The molecule has 1 fully saturated rings. The number of carbonyl (C=O) groups excluding carboxylic acids is 1. The lowest BCUT2D eigenvalue weighted by Crippen LogP contribution is -2.45. The van der Waals surface area contributed by atoms with Crippen molar-refractivity contribution in [2.75, 3.05) is 13.2 Å². The van der Waals surface area contributed by atoms with Crippen LogP contribution in [0, 0.1) is 13.8 Å². The van der Waals surface area contributed by atoms with Crippen molar-refractivity contribution >= 4 is 16.8 Å². The molecule has 0 bridgehead atoms. The molecule has 1 aliphatic heterocycles. The van der Waals surface area contributed by atoms with Crippen LogP contribution in [0.4, 0.5) is 13.2 Å². The summed E-state index contributed by atoms with van der Waals surface area (Å²) in [6.45, 7) is 3.63. The van der Waals surface area contributed by atoms with Crippen molar-refractivity contribution < 1.29 is 22.7 Å². The number of aromatic nitrogens is 1. The second-order valence-electron chi connectivity index (χ2n) is 6.91. The number of halogens is 3. The second kappa shape index (κ2) is 7.34. The zero-order valence-corrected chi connectivity index (χ0v) is 15.2. The van der Waals surface area contributed by atoms with Crippen LogP contribution < -0.4 is 5.56 Å². The number of benzene rings is 1. The molecule has 0 radical (unpaired) electrons. The van der Waals surface area contributed by atoms with Crippen molar-refractivity contribution in [3.63, 3.8) is 0 Å². The third kappa shape index (κ3) is 4.16. The van der Waals surface area contributed by atoms with Crippen molar-refractivity contribution in [3.05, 3.63) is 45.2 Å². The first kappa shape index (κ1) is 19.4. The van der Waals surface area contributed by atoms with Gasteiger partial charge in [0.05, 0.1) is 18.2 Å². The van der Waals surface area contributed by atoms with Gasteiger partial charge in [-0.3, -0.25) is 9.59 Å². The normalized spacial score (nSPS) is 17.4. The standard InChI is InChI=1S/C19H21F3N2O3/c1-11-5-6-13-8-14(17(25)23-16(13)12(11)2)9-24(18(26)19(20,21)22)10-15-4-3-7-27-15/h5-6,8,15H,3-4,7,9-10H2,1-2H3,(H,23,25)/t15-/m0/s1. The zero-order chi connectivity index (χ0) is 19.8. The Bertz CT molecular complexity index is 915. The number of nitrogens with zero attached hydrogens (tertiary/aromatic N) is 1. The summed E-state index contributed by atoms with van der Waals surface area (Å²) in [6, 6.07) is 5.23. The van der Waals surface area contributed by atoms with E-state index in [1.807, 2.05) is 19.9 Å². The van der Waals surface area contributed by atoms with E-state index in [0.717, 1.165) is 17.5 Å². The Kier molecular flexibility index (Phi) is 5.28. The van der Waals surface area contributed by atoms with Gasteiger partial charge >= 0.3 is 12.1 Å². The molecule has 1 atom stereocenters. The summed E-state index contributed by atoms with van der Waals surface area (Å²) < 4.78 is 44.4. The molecule has 1 N–H and O–H groups in total. The van der Waals surface area contributed by atoms with E-state index in [2.05, 4.69) is 4.98 Å². The summed E-state index contributed by atoms with van der Waals surface area (Å²) in [6.07, 6.45) is -4.11. The first-order chi connectivity index (χ1) is 12.7. The van der Waals surface area contributed by atoms with E-state index < -0.39 is 30.3 Å². The minimum Gasteiger partial charge on any atom is -0.376 e. The molecule has 2 heterocycles. The highest BCUT2D eigenvalue weighted by molar-refractivity contribution is 5.84. The minimum atomic E-state index is -5.00. The second-order valence-corrected chi connectivity index (χ2v) is 6.91. The largest absolute Gasteiger partial charge is 0.471 e. The lowest BCUT2D eigenvalue weighted by atomic mass is 10.0. The molecule has 27 heavy (non-hydrogen) atoms. The van der Waals surface area contributed by atoms with E-state index in [1.54, 1.807) is 12.1 Å². The topological polar surface area (TPSA) is 62.4 Å². The first-order valence-corrected chi connectivity index (χ1v) is 8.76. The summed E-state index contributed by atoms with van der Waals surface area (Å²) in [5.41, 5.74) is 2.17. The van der Waals surface area contributed by atoms with Gasteiger partial charge < -0.3 is 14.6 Å². The van der Waals surface area contributed by atoms with Crippen molar-refractivity contribution in [2.24, 2.45) is 0 Å². The Morgan fingerprint density at radius 2 is 2.07 bits per heavy atom. The molecule has 1 amide bonds. The van der Waals surface area contributed by atoms with Gasteiger partial charge in [-0.15, -0.1) is 0 Å². The molecule has 1 saturated heterocycles. The molecule has 0 unspecified atom stereocenters. The lowest BCUT2D eigenvalue weighted by molar-refractivity contribution is -0.187. The molecule has 0 spiro atoms. The zero-order valence-electron chi connectivity index (χ0n) is 15.2. The lowest BCUT2D eigenvalue weighted by Gasteiger charge is -2.26. The number of H-pyrrole nitrogens is 1. The number of carbonyl (C=O) groups is 1. The fourth-order valence-corrected chi connectivity index (χ4v) is 3.33. The van der Waals surface area contributed by atoms with E-state index in [-0.39, 0.29) is 12.1 Å². The molecule has 146 valence electrons. The monoisotopic (exact) mass is 382 g/mol. The van der Waals surface area contributed by atoms with Crippen molar-refractivity contribution in [3.8, 4) is 0 Å². The Hall–Kier alpha value is -2.35. The molecule has 8 heteroatoms. The number of aryl methyl sites for hydroxylation is 2. The smallest absolute Gasteiger partial charge is 0.376 e. The predicted molar refractivity (Wildman–Crippen MR) is 94.5 cm³/mol. The summed E-state index contributed by atoms with van der Waals surface area (Å²) in [5, 5.41) is 0.712. The van der Waals surface area contributed by atoms with Gasteiger partial charge in [0, 0.05) is 18.7 Å². The van der Waals surface area contributed by atoms with Crippen LogP contribution >= 0.6 is 0 Å². The van der Waals surface area contributed by atoms with Crippen LogP contribution in [0.2, 0.25) is 0 Å². The van der Waals surface area contributed by atoms with Crippen LogP contribution in [-0.4, -0.2) is 41.2 Å². The predicted octanol–water partition coefficient (Wildman–Crippen LogP) is 3.21. The highest BCUT2D eigenvalue weighted by Crippen LogP contribution is 2.24. The van der Waals surface area contributed by atoms with Gasteiger partial charge in [0.2, 0.25) is 0 Å². The van der Waals surface area contributed by atoms with Crippen molar-refractivity contribution in [1.82, 2.24) is 9.88 Å². The van der Waals surface area contributed by atoms with E-state index in [9.17, 15) is 22.8 Å². The number of nitrogens with one attached hydrogen (secondary N) is 1. The molecular formula is C19H21F3N2O3. The maximum atomic E-state index is 13.0. The number of rotatable bonds is 4. The minimum absolute atomic E-state index is 0.112. The van der Waals surface area contributed by atoms with Crippen LogP contribution in [0.15, 0.2) is 23.0 Å². The number of aromatic amines is 1. The molecule has 1 aromatic carbocycles. The van der Waals surface area contributed by atoms with Crippen LogP contribution in [0.5, 0.6) is 0 Å². The highest BCUT2D eigenvalue weighted by Gasteiger charge is 2.43. The average molecular weight is 382 g/mol. The summed E-state index contributed by atoms with van der Waals surface area (Å²) >= 11 is 0. The van der Waals surface area contributed by atoms with Crippen molar-refractivity contribution in [1.29, 1.82) is 0 Å². The third-order valence-electron chi connectivity index (χ3n) is 4.97. The Morgan fingerprint density at radius 3 is 2.70 bits per heavy atom. The van der Waals surface area contributed by atoms with E-state index >= 15 is 0 Å². The van der Waals surface area contributed by atoms with Crippen LogP contribution in [0.25, 0.3) is 10.9 Å². The molecule has 2 aromatic rings. The summed E-state index contributed by atoms with van der Waals surface area (Å²) in [4.78, 5) is 27.7. The number of alkyl halides is 3.